The summed E-state index contributed by atoms with van der Waals surface area (Å²) in [5.41, 5.74) is 0.595. The van der Waals surface area contributed by atoms with E-state index in [4.69, 9.17) is 0 Å². The molecule has 0 aliphatic heterocycles. The molecule has 1 unspecified atom stereocenters. The van der Waals surface area contributed by atoms with Crippen molar-refractivity contribution in [2.24, 2.45) is 5.41 Å². The van der Waals surface area contributed by atoms with Gasteiger partial charge in [0, 0.05) is 5.41 Å². The first kappa shape index (κ1) is 8.25. The molecule has 0 radical (unpaired) electrons. The number of carbonyl (C=O) groups excluding carboxylic acids is 1. The average Bonchev–Trinajstić information content (AvgIpc) is 2.00. The highest BCUT2D eigenvalue weighted by atomic mass is 16.1. The van der Waals surface area contributed by atoms with Crippen molar-refractivity contribution < 1.29 is 4.79 Å². The van der Waals surface area contributed by atoms with Gasteiger partial charge in [0.2, 0.25) is 0 Å². The minimum Gasteiger partial charge on any atom is -0.294 e. The molecule has 1 aliphatic rings. The van der Waals surface area contributed by atoms with Crippen molar-refractivity contribution in [2.45, 2.75) is 26.7 Å². The van der Waals surface area contributed by atoms with Gasteiger partial charge in [0.25, 0.3) is 0 Å². The molecule has 0 saturated carbocycles. The number of rotatable bonds is 1. The van der Waals surface area contributed by atoms with Crippen LogP contribution in [0.2, 0.25) is 0 Å². The van der Waals surface area contributed by atoms with E-state index in [0.29, 0.717) is 0 Å². The van der Waals surface area contributed by atoms with Crippen LogP contribution in [0.5, 0.6) is 0 Å². The topological polar surface area (TPSA) is 17.1 Å². The third-order valence-corrected chi connectivity index (χ3v) is 2.44. The maximum absolute atomic E-state index is 11.5. The quantitative estimate of drug-likeness (QED) is 0.525. The summed E-state index contributed by atoms with van der Waals surface area (Å²) in [4.78, 5) is 11.5. The van der Waals surface area contributed by atoms with Gasteiger partial charge in [0.05, 0.1) is 0 Å². The van der Waals surface area contributed by atoms with Gasteiger partial charge in [0.15, 0.2) is 5.78 Å². The van der Waals surface area contributed by atoms with Crippen LogP contribution in [0.15, 0.2) is 24.3 Å². The Balaban J connectivity index is 2.97. The minimum atomic E-state index is -0.293. The number of allylic oxidation sites excluding steroid dienone is 3. The molecular formula is C10H14O. The van der Waals surface area contributed by atoms with E-state index in [0.717, 1.165) is 18.4 Å². The molecule has 0 N–H and O–H groups in total. The molecule has 1 rings (SSSR count). The van der Waals surface area contributed by atoms with Crippen LogP contribution in [0.4, 0.5) is 0 Å². The lowest BCUT2D eigenvalue weighted by Gasteiger charge is -2.27. The third kappa shape index (κ3) is 1.28. The lowest BCUT2D eigenvalue weighted by atomic mass is 9.75. The normalized spacial score (nSPS) is 31.5. The average molecular weight is 150 g/mol. The predicted octanol–water partition coefficient (Wildman–Crippen LogP) is 2.49. The minimum absolute atomic E-state index is 0.235. The second kappa shape index (κ2) is 2.65. The fourth-order valence-electron chi connectivity index (χ4n) is 1.44. The fourth-order valence-corrected chi connectivity index (χ4v) is 1.44. The molecule has 0 amide bonds. The Morgan fingerprint density at radius 3 is 2.82 bits per heavy atom. The van der Waals surface area contributed by atoms with E-state index >= 15 is 0 Å². The zero-order valence-electron chi connectivity index (χ0n) is 7.18. The predicted molar refractivity (Wildman–Crippen MR) is 46.3 cm³/mol. The second-order valence-electron chi connectivity index (χ2n) is 3.38. The van der Waals surface area contributed by atoms with Crippen LogP contribution in [-0.4, -0.2) is 5.78 Å². The summed E-state index contributed by atoms with van der Waals surface area (Å²) in [5, 5.41) is 0. The van der Waals surface area contributed by atoms with Crippen LogP contribution >= 0.6 is 0 Å². The number of carbonyl (C=O) groups is 1. The molecule has 0 aromatic heterocycles. The highest BCUT2D eigenvalue weighted by molar-refractivity contribution is 6.01. The van der Waals surface area contributed by atoms with Gasteiger partial charge in [-0.15, -0.1) is 6.58 Å². The molecule has 1 nitrogen and oxygen atoms in total. The Labute approximate surface area is 67.8 Å². The van der Waals surface area contributed by atoms with Gasteiger partial charge in [-0.3, -0.25) is 4.79 Å². The van der Waals surface area contributed by atoms with E-state index in [-0.39, 0.29) is 11.2 Å². The first-order valence-corrected chi connectivity index (χ1v) is 3.95. The van der Waals surface area contributed by atoms with Gasteiger partial charge >= 0.3 is 0 Å². The zero-order valence-corrected chi connectivity index (χ0v) is 7.18. The third-order valence-electron chi connectivity index (χ3n) is 2.44. The van der Waals surface area contributed by atoms with Crippen molar-refractivity contribution in [1.82, 2.24) is 0 Å². The van der Waals surface area contributed by atoms with Gasteiger partial charge in [0.1, 0.15) is 0 Å². The summed E-state index contributed by atoms with van der Waals surface area (Å²) in [6.45, 7) is 7.53. The van der Waals surface area contributed by atoms with Gasteiger partial charge in [-0.1, -0.05) is 12.2 Å². The Bertz CT molecular complexity index is 225. The van der Waals surface area contributed by atoms with Crippen molar-refractivity contribution in [3.05, 3.63) is 24.3 Å². The molecule has 0 spiro atoms. The lowest BCUT2D eigenvalue weighted by Crippen LogP contribution is -2.28. The molecule has 0 aromatic carbocycles. The largest absolute Gasteiger partial charge is 0.294 e. The van der Waals surface area contributed by atoms with Crippen LogP contribution < -0.4 is 0 Å². The van der Waals surface area contributed by atoms with Crippen LogP contribution in [0.1, 0.15) is 26.7 Å². The lowest BCUT2D eigenvalue weighted by molar-refractivity contribution is -0.122. The van der Waals surface area contributed by atoms with Crippen molar-refractivity contribution in [3.63, 3.8) is 0 Å². The Morgan fingerprint density at radius 2 is 2.36 bits per heavy atom. The van der Waals surface area contributed by atoms with E-state index in [9.17, 15) is 4.79 Å². The van der Waals surface area contributed by atoms with Crippen molar-refractivity contribution in [2.75, 3.05) is 0 Å². The highest BCUT2D eigenvalue weighted by Gasteiger charge is 2.32. The van der Waals surface area contributed by atoms with E-state index in [1.54, 1.807) is 6.08 Å². The second-order valence-corrected chi connectivity index (χ2v) is 3.38. The molecule has 0 saturated heterocycles. The summed E-state index contributed by atoms with van der Waals surface area (Å²) in [6, 6.07) is 0. The van der Waals surface area contributed by atoms with E-state index in [2.05, 4.69) is 6.58 Å². The van der Waals surface area contributed by atoms with Crippen molar-refractivity contribution in [3.8, 4) is 0 Å². The van der Waals surface area contributed by atoms with Gasteiger partial charge in [-0.2, -0.15) is 0 Å². The van der Waals surface area contributed by atoms with Crippen molar-refractivity contribution in [1.29, 1.82) is 0 Å². The first-order valence-electron chi connectivity index (χ1n) is 3.95. The van der Waals surface area contributed by atoms with Crippen LogP contribution in [-0.2, 0) is 4.79 Å². The molecule has 0 heterocycles. The molecule has 1 atom stereocenters. The Morgan fingerprint density at radius 1 is 1.73 bits per heavy atom. The summed E-state index contributed by atoms with van der Waals surface area (Å²) in [6.07, 6.45) is 5.69. The standard InChI is InChI=1S/C10H14O/c1-4-10(3)7-5-6-8(2)9(10)11/h4,6H,1,5,7H2,2-3H3. The molecule has 1 heteroatoms. The van der Waals surface area contributed by atoms with Crippen LogP contribution in [0, 0.1) is 5.41 Å². The molecular weight excluding hydrogens is 136 g/mol. The number of hydrogen-bond donors (Lipinski definition) is 0. The van der Waals surface area contributed by atoms with Gasteiger partial charge in [-0.05, 0) is 32.3 Å². The Hall–Kier alpha value is -0.850. The monoisotopic (exact) mass is 150 g/mol. The fraction of sp³-hybridized carbons (Fsp3) is 0.500. The van der Waals surface area contributed by atoms with E-state index < -0.39 is 0 Å². The van der Waals surface area contributed by atoms with E-state index in [1.165, 1.54) is 0 Å². The maximum atomic E-state index is 11.5. The van der Waals surface area contributed by atoms with Crippen molar-refractivity contribution >= 4 is 5.78 Å². The molecule has 0 fully saturated rings. The smallest absolute Gasteiger partial charge is 0.167 e. The molecule has 1 aliphatic carbocycles. The molecule has 0 bridgehead atoms. The zero-order chi connectivity index (χ0) is 8.48. The van der Waals surface area contributed by atoms with Gasteiger partial charge < -0.3 is 0 Å². The molecule has 0 aromatic rings. The first-order chi connectivity index (χ1) is 5.10. The maximum Gasteiger partial charge on any atom is 0.167 e. The number of Topliss-reactive ketones (excluding diaryl/α,β-unsaturated/α-hetero) is 1. The molecule has 11 heavy (non-hydrogen) atoms. The summed E-state index contributed by atoms with van der Waals surface area (Å²) >= 11 is 0. The number of ketones is 1. The van der Waals surface area contributed by atoms with Crippen LogP contribution in [0.25, 0.3) is 0 Å². The SMILES string of the molecule is C=CC1(C)CCC=C(C)C1=O. The molecule has 60 valence electrons. The van der Waals surface area contributed by atoms with E-state index in [1.807, 2.05) is 19.9 Å². The highest BCUT2D eigenvalue weighted by Crippen LogP contribution is 2.33. The Kier molecular flexibility index (Phi) is 1.99. The van der Waals surface area contributed by atoms with Crippen LogP contribution in [0.3, 0.4) is 0 Å². The summed E-state index contributed by atoms with van der Waals surface area (Å²) < 4.78 is 0. The van der Waals surface area contributed by atoms with Gasteiger partial charge in [-0.25, -0.2) is 0 Å². The summed E-state index contributed by atoms with van der Waals surface area (Å²) in [7, 11) is 0. The summed E-state index contributed by atoms with van der Waals surface area (Å²) in [5.74, 6) is 0.235. The number of hydrogen-bond acceptors (Lipinski definition) is 1.